The number of carbonyl (C=O) groups excluding carboxylic acids is 1. The van der Waals surface area contributed by atoms with Crippen LogP contribution in [-0.2, 0) is 9.59 Å². The van der Waals surface area contributed by atoms with Gasteiger partial charge in [-0.25, -0.2) is 0 Å². The van der Waals surface area contributed by atoms with Crippen LogP contribution in [0.3, 0.4) is 0 Å². The number of piperidine rings is 1. The van der Waals surface area contributed by atoms with E-state index in [2.05, 4.69) is 17.6 Å². The van der Waals surface area contributed by atoms with Crippen LogP contribution in [0.15, 0.2) is 0 Å². The standard InChI is InChI=1S/C14H24N2O3/c1-2-3-13(6-8-15-9-7-13)11(17)16-10-14(4-5-14)12(18)19/h15H,2-10H2,1H3,(H,16,17)(H,18,19). The van der Waals surface area contributed by atoms with Crippen molar-refractivity contribution in [2.45, 2.75) is 45.4 Å². The van der Waals surface area contributed by atoms with Crippen molar-refractivity contribution in [2.75, 3.05) is 19.6 Å². The van der Waals surface area contributed by atoms with Gasteiger partial charge in [-0.3, -0.25) is 9.59 Å². The topological polar surface area (TPSA) is 78.4 Å². The van der Waals surface area contributed by atoms with E-state index < -0.39 is 11.4 Å². The minimum Gasteiger partial charge on any atom is -0.481 e. The molecule has 0 radical (unpaired) electrons. The molecule has 0 atom stereocenters. The summed E-state index contributed by atoms with van der Waals surface area (Å²) in [5.74, 6) is -0.717. The van der Waals surface area contributed by atoms with Crippen molar-refractivity contribution in [1.29, 1.82) is 0 Å². The Morgan fingerprint density at radius 3 is 2.26 bits per heavy atom. The number of nitrogens with one attached hydrogen (secondary N) is 2. The van der Waals surface area contributed by atoms with E-state index in [1.165, 1.54) is 0 Å². The highest BCUT2D eigenvalue weighted by atomic mass is 16.4. The van der Waals surface area contributed by atoms with Gasteiger partial charge in [0.05, 0.1) is 10.8 Å². The zero-order chi connectivity index (χ0) is 13.9. The van der Waals surface area contributed by atoms with E-state index in [1.54, 1.807) is 0 Å². The maximum absolute atomic E-state index is 12.5. The van der Waals surface area contributed by atoms with Crippen molar-refractivity contribution in [2.24, 2.45) is 10.8 Å². The number of aliphatic carboxylic acids is 1. The van der Waals surface area contributed by atoms with E-state index in [1.807, 2.05) is 0 Å². The third kappa shape index (κ3) is 2.91. The van der Waals surface area contributed by atoms with E-state index in [4.69, 9.17) is 5.11 Å². The summed E-state index contributed by atoms with van der Waals surface area (Å²) in [7, 11) is 0. The summed E-state index contributed by atoms with van der Waals surface area (Å²) in [6.07, 6.45) is 4.95. The van der Waals surface area contributed by atoms with Gasteiger partial charge < -0.3 is 15.7 Å². The maximum atomic E-state index is 12.5. The lowest BCUT2D eigenvalue weighted by molar-refractivity contribution is -0.143. The van der Waals surface area contributed by atoms with Gasteiger partial charge in [0.1, 0.15) is 0 Å². The summed E-state index contributed by atoms with van der Waals surface area (Å²) in [5.41, 5.74) is -0.954. The largest absolute Gasteiger partial charge is 0.481 e. The van der Waals surface area contributed by atoms with Crippen molar-refractivity contribution in [3.63, 3.8) is 0 Å². The number of amides is 1. The third-order valence-corrected chi connectivity index (χ3v) is 4.67. The summed E-state index contributed by atoms with van der Waals surface area (Å²) in [6.45, 7) is 4.13. The van der Waals surface area contributed by atoms with Crippen LogP contribution in [0.5, 0.6) is 0 Å². The first-order valence-corrected chi connectivity index (χ1v) is 7.27. The van der Waals surface area contributed by atoms with E-state index >= 15 is 0 Å². The van der Waals surface area contributed by atoms with E-state index in [-0.39, 0.29) is 11.3 Å². The molecule has 3 N–H and O–H groups in total. The molecule has 19 heavy (non-hydrogen) atoms. The zero-order valence-corrected chi connectivity index (χ0v) is 11.6. The monoisotopic (exact) mass is 268 g/mol. The molecule has 1 aliphatic carbocycles. The van der Waals surface area contributed by atoms with E-state index in [0.717, 1.165) is 38.8 Å². The van der Waals surface area contributed by atoms with Gasteiger partial charge in [0.2, 0.25) is 5.91 Å². The van der Waals surface area contributed by atoms with Gasteiger partial charge in [0.15, 0.2) is 0 Å². The second kappa shape index (κ2) is 5.49. The van der Waals surface area contributed by atoms with E-state index in [9.17, 15) is 9.59 Å². The Bertz CT molecular complexity index is 352. The summed E-state index contributed by atoms with van der Waals surface area (Å²) >= 11 is 0. The average molecular weight is 268 g/mol. The quantitative estimate of drug-likeness (QED) is 0.675. The summed E-state index contributed by atoms with van der Waals surface area (Å²) in [4.78, 5) is 23.6. The minimum absolute atomic E-state index is 0.0587. The highest BCUT2D eigenvalue weighted by Gasteiger charge is 2.51. The lowest BCUT2D eigenvalue weighted by atomic mass is 9.74. The van der Waals surface area contributed by atoms with Crippen LogP contribution in [0.4, 0.5) is 0 Å². The molecule has 0 bridgehead atoms. The molecule has 1 aliphatic heterocycles. The van der Waals surface area contributed by atoms with Crippen LogP contribution in [0, 0.1) is 10.8 Å². The smallest absolute Gasteiger partial charge is 0.311 e. The fourth-order valence-corrected chi connectivity index (χ4v) is 3.03. The first-order chi connectivity index (χ1) is 9.05. The molecule has 2 aliphatic rings. The first-order valence-electron chi connectivity index (χ1n) is 7.27. The Hall–Kier alpha value is -1.10. The molecule has 0 spiro atoms. The molecule has 0 aromatic heterocycles. The molecule has 0 unspecified atom stereocenters. The Morgan fingerprint density at radius 2 is 1.79 bits per heavy atom. The van der Waals surface area contributed by atoms with Gasteiger partial charge >= 0.3 is 5.97 Å². The number of carbonyl (C=O) groups is 2. The first kappa shape index (κ1) is 14.3. The van der Waals surface area contributed by atoms with Gasteiger partial charge in [-0.15, -0.1) is 0 Å². The van der Waals surface area contributed by atoms with Crippen molar-refractivity contribution >= 4 is 11.9 Å². The maximum Gasteiger partial charge on any atom is 0.311 e. The van der Waals surface area contributed by atoms with Crippen molar-refractivity contribution in [3.05, 3.63) is 0 Å². The molecule has 2 rings (SSSR count). The average Bonchev–Trinajstić information content (AvgIpc) is 3.18. The molecule has 1 amide bonds. The van der Waals surface area contributed by atoms with Gasteiger partial charge in [-0.1, -0.05) is 13.3 Å². The van der Waals surface area contributed by atoms with Gasteiger partial charge in [0.25, 0.3) is 0 Å². The van der Waals surface area contributed by atoms with Crippen LogP contribution in [0.1, 0.15) is 45.4 Å². The van der Waals surface area contributed by atoms with Gasteiger partial charge in [0, 0.05) is 6.54 Å². The lowest BCUT2D eigenvalue weighted by Crippen LogP contribution is -2.49. The molecule has 0 aromatic rings. The molecule has 1 saturated heterocycles. The van der Waals surface area contributed by atoms with Gasteiger partial charge in [-0.2, -0.15) is 0 Å². The van der Waals surface area contributed by atoms with E-state index in [0.29, 0.717) is 19.4 Å². The van der Waals surface area contributed by atoms with Crippen LogP contribution in [-0.4, -0.2) is 36.6 Å². The predicted octanol–water partition coefficient (Wildman–Crippen LogP) is 1.14. The summed E-state index contributed by atoms with van der Waals surface area (Å²) < 4.78 is 0. The summed E-state index contributed by atoms with van der Waals surface area (Å²) in [5, 5.41) is 15.3. The Labute approximate surface area is 114 Å². The van der Waals surface area contributed by atoms with Gasteiger partial charge in [-0.05, 0) is 45.2 Å². The fraction of sp³-hybridized carbons (Fsp3) is 0.857. The molecular formula is C14H24N2O3. The van der Waals surface area contributed by atoms with Crippen molar-refractivity contribution in [3.8, 4) is 0 Å². The van der Waals surface area contributed by atoms with Crippen LogP contribution >= 0.6 is 0 Å². The highest BCUT2D eigenvalue weighted by Crippen LogP contribution is 2.45. The molecule has 1 saturated carbocycles. The molecule has 5 heteroatoms. The lowest BCUT2D eigenvalue weighted by Gasteiger charge is -2.36. The predicted molar refractivity (Wildman–Crippen MR) is 71.8 cm³/mol. The molecule has 5 nitrogen and oxygen atoms in total. The van der Waals surface area contributed by atoms with Crippen LogP contribution in [0.2, 0.25) is 0 Å². The van der Waals surface area contributed by atoms with Crippen molar-refractivity contribution < 1.29 is 14.7 Å². The fourth-order valence-electron chi connectivity index (χ4n) is 3.03. The normalized spacial score (nSPS) is 23.6. The molecule has 2 fully saturated rings. The molecular weight excluding hydrogens is 244 g/mol. The SMILES string of the molecule is CCCC1(C(=O)NCC2(C(=O)O)CC2)CCNCC1. The Morgan fingerprint density at radius 1 is 1.16 bits per heavy atom. The number of carboxylic acids is 1. The highest BCUT2D eigenvalue weighted by molar-refractivity contribution is 5.84. The Balaban J connectivity index is 1.94. The number of hydrogen-bond acceptors (Lipinski definition) is 3. The minimum atomic E-state index is -0.775. The third-order valence-electron chi connectivity index (χ3n) is 4.67. The molecule has 1 heterocycles. The number of hydrogen-bond donors (Lipinski definition) is 3. The molecule has 0 aromatic carbocycles. The number of carboxylic acid groups (broad SMARTS) is 1. The molecule has 108 valence electrons. The van der Waals surface area contributed by atoms with Crippen LogP contribution < -0.4 is 10.6 Å². The zero-order valence-electron chi connectivity index (χ0n) is 11.6. The van der Waals surface area contributed by atoms with Crippen molar-refractivity contribution in [1.82, 2.24) is 10.6 Å². The second-order valence-corrected chi connectivity index (χ2v) is 6.05. The second-order valence-electron chi connectivity index (χ2n) is 6.05. The Kier molecular flexibility index (Phi) is 4.13. The number of rotatable bonds is 6. The summed E-state index contributed by atoms with van der Waals surface area (Å²) in [6, 6.07) is 0. The van der Waals surface area contributed by atoms with Crippen LogP contribution in [0.25, 0.3) is 0 Å².